The van der Waals surface area contributed by atoms with Crippen molar-refractivity contribution in [3.05, 3.63) is 29.8 Å². The second kappa shape index (κ2) is 10.4. The molecule has 132 valence electrons. The van der Waals surface area contributed by atoms with Crippen LogP contribution in [0.4, 0.5) is 5.69 Å². The van der Waals surface area contributed by atoms with Gasteiger partial charge < -0.3 is 15.0 Å². The van der Waals surface area contributed by atoms with E-state index >= 15 is 0 Å². The molecule has 0 aliphatic carbocycles. The fourth-order valence-corrected chi connectivity index (χ4v) is 3.18. The van der Waals surface area contributed by atoms with Crippen LogP contribution >= 0.6 is 11.8 Å². The predicted molar refractivity (Wildman–Crippen MR) is 98.4 cm³/mol. The standard InChI is InChI=1S/C18H26N2O3S/c1-2-3-4-15-5-7-16(8-6-15)19-17(21)13-24-14-18(22)20-9-11-23-12-10-20/h5-8H,2-4,9-14H2,1H3,(H,19,21). The number of morpholine rings is 1. The Labute approximate surface area is 148 Å². The monoisotopic (exact) mass is 350 g/mol. The average Bonchev–Trinajstić information content (AvgIpc) is 2.62. The Bertz CT molecular complexity index is 528. The zero-order valence-corrected chi connectivity index (χ0v) is 15.1. The van der Waals surface area contributed by atoms with Crippen molar-refractivity contribution < 1.29 is 14.3 Å². The number of thioether (sulfide) groups is 1. The number of nitrogens with one attached hydrogen (secondary N) is 1. The van der Waals surface area contributed by atoms with Gasteiger partial charge in [-0.1, -0.05) is 25.5 Å². The lowest BCUT2D eigenvalue weighted by molar-refractivity contribution is -0.132. The van der Waals surface area contributed by atoms with Crippen molar-refractivity contribution >= 4 is 29.3 Å². The average molecular weight is 350 g/mol. The first-order chi connectivity index (χ1) is 11.7. The minimum absolute atomic E-state index is 0.0731. The summed E-state index contributed by atoms with van der Waals surface area (Å²) in [5.74, 6) is 0.629. The van der Waals surface area contributed by atoms with E-state index in [1.54, 1.807) is 4.90 Å². The molecule has 1 heterocycles. The minimum atomic E-state index is -0.0731. The second-order valence-electron chi connectivity index (χ2n) is 5.83. The first-order valence-electron chi connectivity index (χ1n) is 8.51. The summed E-state index contributed by atoms with van der Waals surface area (Å²) in [6.45, 7) is 4.68. The van der Waals surface area contributed by atoms with Crippen molar-refractivity contribution in [3.63, 3.8) is 0 Å². The highest BCUT2D eigenvalue weighted by molar-refractivity contribution is 8.00. The molecular weight excluding hydrogens is 324 g/mol. The zero-order valence-electron chi connectivity index (χ0n) is 14.3. The molecule has 5 nitrogen and oxygen atoms in total. The number of amides is 2. The first kappa shape index (κ1) is 18.8. The Morgan fingerprint density at radius 3 is 2.54 bits per heavy atom. The molecule has 0 unspecified atom stereocenters. The molecule has 6 heteroatoms. The highest BCUT2D eigenvalue weighted by Crippen LogP contribution is 2.13. The maximum Gasteiger partial charge on any atom is 0.234 e. The van der Waals surface area contributed by atoms with E-state index in [0.717, 1.165) is 12.1 Å². The summed E-state index contributed by atoms with van der Waals surface area (Å²) in [6.07, 6.45) is 3.43. The Morgan fingerprint density at radius 2 is 1.88 bits per heavy atom. The third kappa shape index (κ3) is 6.53. The van der Waals surface area contributed by atoms with Gasteiger partial charge in [0.25, 0.3) is 0 Å². The predicted octanol–water partition coefficient (Wildman–Crippen LogP) is 2.56. The van der Waals surface area contributed by atoms with E-state index in [9.17, 15) is 9.59 Å². The lowest BCUT2D eigenvalue weighted by Crippen LogP contribution is -2.41. The molecule has 1 N–H and O–H groups in total. The van der Waals surface area contributed by atoms with Gasteiger partial charge in [0.2, 0.25) is 11.8 Å². The van der Waals surface area contributed by atoms with Crippen LogP contribution in [0.25, 0.3) is 0 Å². The molecule has 0 aromatic heterocycles. The molecule has 1 aromatic rings. The molecule has 0 spiro atoms. The molecule has 1 aliphatic heterocycles. The zero-order chi connectivity index (χ0) is 17.2. The van der Waals surface area contributed by atoms with Crippen LogP contribution in [0.5, 0.6) is 0 Å². The number of hydrogen-bond donors (Lipinski definition) is 1. The van der Waals surface area contributed by atoms with Crippen LogP contribution in [0.1, 0.15) is 25.3 Å². The summed E-state index contributed by atoms with van der Waals surface area (Å²) in [6, 6.07) is 7.99. The summed E-state index contributed by atoms with van der Waals surface area (Å²) in [7, 11) is 0. The smallest absolute Gasteiger partial charge is 0.234 e. The molecule has 0 bridgehead atoms. The molecule has 0 radical (unpaired) electrons. The second-order valence-corrected chi connectivity index (χ2v) is 6.82. The summed E-state index contributed by atoms with van der Waals surface area (Å²) in [5, 5.41) is 2.87. The molecule has 0 saturated carbocycles. The van der Waals surface area contributed by atoms with Crippen molar-refractivity contribution in [1.82, 2.24) is 4.90 Å². The highest BCUT2D eigenvalue weighted by Gasteiger charge is 2.16. The van der Waals surface area contributed by atoms with E-state index in [1.807, 2.05) is 12.1 Å². The lowest BCUT2D eigenvalue weighted by atomic mass is 10.1. The van der Waals surface area contributed by atoms with Gasteiger partial charge in [-0.2, -0.15) is 0 Å². The molecule has 1 aliphatic rings. The minimum Gasteiger partial charge on any atom is -0.378 e. The summed E-state index contributed by atoms with van der Waals surface area (Å²) < 4.78 is 5.22. The number of rotatable bonds is 8. The van der Waals surface area contributed by atoms with Crippen LogP contribution in [-0.4, -0.2) is 54.5 Å². The lowest BCUT2D eigenvalue weighted by Gasteiger charge is -2.26. The van der Waals surface area contributed by atoms with Gasteiger partial charge >= 0.3 is 0 Å². The Morgan fingerprint density at radius 1 is 1.17 bits per heavy atom. The third-order valence-electron chi connectivity index (χ3n) is 3.88. The third-order valence-corrected chi connectivity index (χ3v) is 4.80. The van der Waals surface area contributed by atoms with E-state index in [2.05, 4.69) is 24.4 Å². The van der Waals surface area contributed by atoms with E-state index in [1.165, 1.54) is 30.2 Å². The first-order valence-corrected chi connectivity index (χ1v) is 9.66. The molecule has 0 atom stereocenters. The van der Waals surface area contributed by atoms with E-state index in [0.29, 0.717) is 32.1 Å². The van der Waals surface area contributed by atoms with E-state index in [4.69, 9.17) is 4.74 Å². The maximum atomic E-state index is 12.0. The normalized spacial score (nSPS) is 14.5. The van der Waals surface area contributed by atoms with Gasteiger partial charge in [-0.25, -0.2) is 0 Å². The van der Waals surface area contributed by atoms with Gasteiger partial charge in [0.1, 0.15) is 0 Å². The van der Waals surface area contributed by atoms with Crippen molar-refractivity contribution in [2.75, 3.05) is 43.1 Å². The SMILES string of the molecule is CCCCc1ccc(NC(=O)CSCC(=O)N2CCOCC2)cc1. The number of benzene rings is 1. The van der Waals surface area contributed by atoms with Gasteiger partial charge in [0, 0.05) is 18.8 Å². The molecule has 1 fully saturated rings. The number of ether oxygens (including phenoxy) is 1. The van der Waals surface area contributed by atoms with Gasteiger partial charge in [-0.05, 0) is 30.5 Å². The van der Waals surface area contributed by atoms with Gasteiger partial charge in [-0.3, -0.25) is 9.59 Å². The Kier molecular flexibility index (Phi) is 8.12. The van der Waals surface area contributed by atoms with Crippen LogP contribution in [-0.2, 0) is 20.7 Å². The van der Waals surface area contributed by atoms with Crippen LogP contribution < -0.4 is 5.32 Å². The van der Waals surface area contributed by atoms with Crippen LogP contribution in [0, 0.1) is 0 Å². The highest BCUT2D eigenvalue weighted by atomic mass is 32.2. The Balaban J connectivity index is 1.66. The van der Waals surface area contributed by atoms with Crippen molar-refractivity contribution in [2.45, 2.75) is 26.2 Å². The number of nitrogens with zero attached hydrogens (tertiary/aromatic N) is 1. The summed E-state index contributed by atoms with van der Waals surface area (Å²) >= 11 is 1.35. The molecular formula is C18H26N2O3S. The summed E-state index contributed by atoms with van der Waals surface area (Å²) in [5.41, 5.74) is 2.10. The van der Waals surface area contributed by atoms with Gasteiger partial charge in [0.05, 0.1) is 24.7 Å². The number of unbranched alkanes of at least 4 members (excludes halogenated alkanes) is 1. The molecule has 2 amide bonds. The number of anilines is 1. The number of aryl methyl sites for hydroxylation is 1. The molecule has 1 aromatic carbocycles. The van der Waals surface area contributed by atoms with Gasteiger partial charge in [0.15, 0.2) is 0 Å². The van der Waals surface area contributed by atoms with Crippen LogP contribution in [0.3, 0.4) is 0 Å². The fourth-order valence-electron chi connectivity index (χ4n) is 2.47. The molecule has 1 saturated heterocycles. The number of carbonyl (C=O) groups excluding carboxylic acids is 2. The van der Waals surface area contributed by atoms with E-state index < -0.39 is 0 Å². The Hall–Kier alpha value is -1.53. The number of carbonyl (C=O) groups is 2. The van der Waals surface area contributed by atoms with Crippen LogP contribution in [0.15, 0.2) is 24.3 Å². The van der Waals surface area contributed by atoms with E-state index in [-0.39, 0.29) is 17.6 Å². The maximum absolute atomic E-state index is 12.0. The topological polar surface area (TPSA) is 58.6 Å². The quantitative estimate of drug-likeness (QED) is 0.783. The fraction of sp³-hybridized carbons (Fsp3) is 0.556. The summed E-state index contributed by atoms with van der Waals surface area (Å²) in [4.78, 5) is 25.7. The van der Waals surface area contributed by atoms with Crippen molar-refractivity contribution in [2.24, 2.45) is 0 Å². The largest absolute Gasteiger partial charge is 0.378 e. The number of hydrogen-bond acceptors (Lipinski definition) is 4. The van der Waals surface area contributed by atoms with Crippen molar-refractivity contribution in [3.8, 4) is 0 Å². The van der Waals surface area contributed by atoms with Crippen LogP contribution in [0.2, 0.25) is 0 Å². The van der Waals surface area contributed by atoms with Crippen molar-refractivity contribution in [1.29, 1.82) is 0 Å². The van der Waals surface area contributed by atoms with Gasteiger partial charge in [-0.15, -0.1) is 11.8 Å². The molecule has 2 rings (SSSR count). The molecule has 24 heavy (non-hydrogen) atoms.